The number of hydrogen-bond donors (Lipinski definition) is 10. The molecule has 3 aromatic carbocycles. The lowest BCUT2D eigenvalue weighted by Crippen LogP contribution is -2.64. The fraction of sp³-hybridized carbons (Fsp3) is 0.512. The first-order chi connectivity index (χ1) is 55.5. The van der Waals surface area contributed by atoms with Crippen LogP contribution in [0.2, 0.25) is 0 Å². The average Bonchev–Trinajstić information content (AvgIpc) is 0.721. The van der Waals surface area contributed by atoms with Crippen LogP contribution in [0.4, 0.5) is 26.2 Å². The Hall–Kier alpha value is -10.6. The molecular weight excluding hydrogens is 1510 g/mol. The van der Waals surface area contributed by atoms with Crippen LogP contribution in [-0.2, 0) is 75.6 Å². The second-order valence-electron chi connectivity index (χ2n) is 33.1. The maximum Gasteiger partial charge on any atom is 0.410 e. The minimum Gasteiger partial charge on any atom is -0.476 e. The number of nitrogens with one attached hydrogen (secondary N) is 5. The van der Waals surface area contributed by atoms with E-state index in [0.717, 1.165) is 47.4 Å². The summed E-state index contributed by atoms with van der Waals surface area (Å²) in [4.78, 5) is 139. The number of aryl methyl sites for hydroxylation is 1. The zero-order chi connectivity index (χ0) is 82.0. The number of carboxylic acid groups (broad SMARTS) is 1. The van der Waals surface area contributed by atoms with E-state index < -0.39 is 114 Å². The number of hydrogen-bond acceptors (Lipinski definition) is 23. The Morgan fingerprint density at radius 2 is 1.59 bits per heavy atom. The molecule has 4 aromatic heterocycles. The molecule has 5 fully saturated rings. The SMILES string of the molecule is CO[C@H]1O[C@@H](Cn2cc(CCCN3CCOC45CC6(C)CC(C)(CC(Cn7ncc(c7C)-c7ccc(nc7C(=O)O)N7Cc8c(C(=O)Nc9nc%10ccccc%10s9)cccc8C(C7)C(C)[C@H](NC(=O)CCCCCN7C(=O)C=CC7=O)C(=O)N[C@@H](CCCNC(N)=O)C(=O)Nc7ccc(cc7)COC3=O)(C6)C4)C5)nn2)[C@H](O)[C@@H](O)[C@@H]1O. The number of benzene rings is 3. The van der Waals surface area contributed by atoms with Crippen molar-refractivity contribution in [1.82, 2.24) is 60.5 Å². The first-order valence-corrected chi connectivity index (χ1v) is 40.4. The molecule has 34 heteroatoms. The van der Waals surface area contributed by atoms with E-state index in [0.29, 0.717) is 94.9 Å². The van der Waals surface area contributed by atoms with E-state index in [4.69, 9.17) is 34.8 Å². The Morgan fingerprint density at radius 3 is 2.33 bits per heavy atom. The van der Waals surface area contributed by atoms with Crippen molar-refractivity contribution in [2.45, 2.75) is 198 Å². The van der Waals surface area contributed by atoms with Crippen molar-refractivity contribution >= 4 is 91.7 Å². The van der Waals surface area contributed by atoms with Crippen molar-refractivity contribution in [3.63, 3.8) is 0 Å². The van der Waals surface area contributed by atoms with Crippen LogP contribution >= 0.6 is 11.3 Å². The van der Waals surface area contributed by atoms with Crippen LogP contribution in [0, 0.1) is 29.1 Å². The number of anilines is 3. The number of carboxylic acids is 1. The van der Waals surface area contributed by atoms with Gasteiger partial charge in [-0.15, -0.1) is 5.10 Å². The first-order valence-electron chi connectivity index (χ1n) is 39.6. The van der Waals surface area contributed by atoms with Gasteiger partial charge >= 0.3 is 18.1 Å². The van der Waals surface area contributed by atoms with E-state index in [1.165, 1.54) is 35.3 Å². The number of thiazole rings is 1. The number of carbonyl (C=O) groups excluding carboxylic acids is 8. The van der Waals surface area contributed by atoms with Crippen LogP contribution in [0.15, 0.2) is 103 Å². The van der Waals surface area contributed by atoms with E-state index in [1.54, 1.807) is 72.7 Å². The molecule has 0 radical (unpaired) electrons. The maximum atomic E-state index is 15.7. The Balaban J connectivity index is 0.792. The second kappa shape index (κ2) is 34.3. The number of aromatic nitrogens is 7. The number of rotatable bonds is 21. The molecule has 11 atom stereocenters. The molecule has 7 aliphatic heterocycles. The number of methoxy groups -OCH3 is 1. The zero-order valence-electron chi connectivity index (χ0n) is 65.5. The van der Waals surface area contributed by atoms with Gasteiger partial charge in [0.1, 0.15) is 48.9 Å². The van der Waals surface area contributed by atoms with Crippen LogP contribution < -0.4 is 37.2 Å². The smallest absolute Gasteiger partial charge is 0.410 e. The van der Waals surface area contributed by atoms with Crippen LogP contribution in [0.25, 0.3) is 21.3 Å². The molecule has 33 nitrogen and oxygen atoms in total. The minimum atomic E-state index is -1.53. The van der Waals surface area contributed by atoms with E-state index in [9.17, 15) is 58.8 Å². The fourth-order valence-corrected chi connectivity index (χ4v) is 20.5. The molecule has 1 saturated heterocycles. The summed E-state index contributed by atoms with van der Waals surface area (Å²) in [5.74, 6) is -6.03. The van der Waals surface area contributed by atoms with Gasteiger partial charge in [-0.3, -0.25) is 43.7 Å². The lowest BCUT2D eigenvalue weighted by molar-refractivity contribution is -0.292. The van der Waals surface area contributed by atoms with Gasteiger partial charge in [0.2, 0.25) is 17.7 Å². The number of nitrogens with two attached hydrogens (primary N) is 1. The van der Waals surface area contributed by atoms with Crippen molar-refractivity contribution in [2.75, 3.05) is 62.0 Å². The summed E-state index contributed by atoms with van der Waals surface area (Å²) in [6, 6.07) is 19.3. The van der Waals surface area contributed by atoms with E-state index in [-0.39, 0.29) is 112 Å². The highest BCUT2D eigenvalue weighted by atomic mass is 32.1. The third kappa shape index (κ3) is 18.1. The molecule has 2 spiro atoms. The molecule has 11 heterocycles. The summed E-state index contributed by atoms with van der Waals surface area (Å²) in [7, 11) is 1.32. The molecule has 9 amide bonds. The number of para-hydroxylation sites is 1. The molecule has 18 rings (SSSR count). The largest absolute Gasteiger partial charge is 0.476 e. The van der Waals surface area contributed by atoms with Gasteiger partial charge in [0, 0.05) is 112 Å². The topological polar surface area (TPSA) is 442 Å². The summed E-state index contributed by atoms with van der Waals surface area (Å²) in [5, 5.41) is 71.3. The van der Waals surface area contributed by atoms with Gasteiger partial charge < -0.3 is 76.2 Å². The van der Waals surface area contributed by atoms with Gasteiger partial charge in [0.25, 0.3) is 17.7 Å². The number of aliphatic hydroxyl groups is 3. The molecule has 12 bridgehead atoms. The van der Waals surface area contributed by atoms with Crippen molar-refractivity contribution in [3.05, 3.63) is 143 Å². The summed E-state index contributed by atoms with van der Waals surface area (Å²) in [5.41, 5.74) is 9.31. The molecule has 4 aliphatic carbocycles. The molecule has 4 unspecified atom stereocenters. The second-order valence-corrected chi connectivity index (χ2v) is 34.1. The van der Waals surface area contributed by atoms with Crippen LogP contribution in [0.1, 0.15) is 159 Å². The highest BCUT2D eigenvalue weighted by Crippen LogP contribution is 2.72. The third-order valence-electron chi connectivity index (χ3n) is 23.9. The van der Waals surface area contributed by atoms with Gasteiger partial charge in [-0.1, -0.05) is 80.1 Å². The average molecular weight is 1610 g/mol. The van der Waals surface area contributed by atoms with Crippen molar-refractivity contribution < 1.29 is 82.5 Å². The molecule has 4 saturated carbocycles. The Morgan fingerprint density at radius 1 is 0.819 bits per heavy atom. The predicted molar refractivity (Wildman–Crippen MR) is 423 cm³/mol. The van der Waals surface area contributed by atoms with Crippen LogP contribution in [-0.4, -0.2) is 213 Å². The number of aromatic carboxylic acids is 1. The summed E-state index contributed by atoms with van der Waals surface area (Å²) >= 11 is 1.30. The van der Waals surface area contributed by atoms with Gasteiger partial charge in [-0.05, 0) is 165 Å². The number of amides is 9. The molecule has 11 aliphatic rings. The van der Waals surface area contributed by atoms with Crippen LogP contribution in [0.5, 0.6) is 0 Å². The number of ether oxygens (including phenoxy) is 4. The standard InChI is InChI=1S/C82H100N16O17S/c1-47-56-36-95(37-57-52(56)15-11-16-54(57)71(105)91-77-88-58-17-8-9-19-61(58)116-77)62-26-25-53(67(89-62)74(108)109)55-34-85-98(48(55)2)46-81-41-79(3)40-80(4,42-81)44-82(43-79,45-81)114-33-32-94(30-13-14-51-35-96(93-92-51)38-60-68(102)69(103)70(104)75(112-5)115-60)78(111)113-39-49-21-23-50(24-22-49)86-72(106)59(18-12-29-84-76(83)110)87-73(107)66(47)90-63(99)20-7-6-10-31-97-64(100)27-28-65(97)101/h8-9,11,15-17,19,21-28,34-35,47,56,59-60,66,68-70,75,102-104H,6-7,10,12-14,18,20,29-33,36-46H2,1-5H3,(H,86,106)(H,87,107)(H,90,99)(H,108,109)(H3,83,84,110)(H,88,91,105)/t47?,56?,59-,60-,66-,68-,69+,70-,75-,79?,80?,81?,82?/m0/s1. The molecular formula is C82H100N16O17S. The molecule has 7 aromatic rings. The fourth-order valence-electron chi connectivity index (χ4n) is 19.6. The Kier molecular flexibility index (Phi) is 24.2. The van der Waals surface area contributed by atoms with E-state index in [2.05, 4.69) is 55.7 Å². The molecule has 11 N–H and O–H groups in total. The van der Waals surface area contributed by atoms with E-state index in [1.807, 2.05) is 46.8 Å². The Bertz CT molecular complexity index is 4840. The summed E-state index contributed by atoms with van der Waals surface area (Å²) in [6.45, 7) is 9.55. The van der Waals surface area contributed by atoms with Gasteiger partial charge in [0.15, 0.2) is 17.1 Å². The number of pyridine rings is 1. The first kappa shape index (κ1) is 81.9. The number of nitrogens with zero attached hydrogens (tertiary/aromatic N) is 10. The lowest BCUT2D eigenvalue weighted by Gasteiger charge is -2.69. The quantitative estimate of drug-likeness (QED) is 0.0259. The summed E-state index contributed by atoms with van der Waals surface area (Å²) < 4.78 is 28.5. The zero-order valence-corrected chi connectivity index (χ0v) is 66.4. The monoisotopic (exact) mass is 1610 g/mol. The van der Waals surface area contributed by atoms with Crippen molar-refractivity contribution in [2.24, 2.45) is 27.9 Å². The number of urea groups is 1. The lowest BCUT2D eigenvalue weighted by atomic mass is 9.39. The number of carbonyl (C=O) groups is 9. The number of fused-ring (bicyclic) bond motifs is 2. The summed E-state index contributed by atoms with van der Waals surface area (Å²) in [6.07, 6.45) is 5.63. The van der Waals surface area contributed by atoms with E-state index >= 15 is 4.79 Å². The van der Waals surface area contributed by atoms with Crippen LogP contribution in [0.3, 0.4) is 0 Å². The predicted octanol–water partition coefficient (Wildman–Crippen LogP) is 6.86. The molecule has 616 valence electrons. The molecule has 116 heavy (non-hydrogen) atoms. The minimum absolute atomic E-state index is 0.0138. The number of imide groups is 1. The van der Waals surface area contributed by atoms with Gasteiger partial charge in [-0.2, -0.15) is 5.10 Å². The highest BCUT2D eigenvalue weighted by molar-refractivity contribution is 7.22. The van der Waals surface area contributed by atoms with Crippen molar-refractivity contribution in [1.29, 1.82) is 0 Å². The van der Waals surface area contributed by atoms with Gasteiger partial charge in [-0.25, -0.2) is 29.0 Å². The van der Waals surface area contributed by atoms with Gasteiger partial charge in [0.05, 0.1) is 40.9 Å². The normalized spacial score (nSPS) is 27.6. The highest BCUT2D eigenvalue weighted by Gasteiger charge is 2.66. The van der Waals surface area contributed by atoms with Crippen molar-refractivity contribution in [3.8, 4) is 11.1 Å². The number of primary amides is 1. The number of aliphatic hydroxyl groups excluding tert-OH is 3. The Labute approximate surface area is 673 Å². The number of unbranched alkanes of at least 4 members (excludes halogenated alkanes) is 2. The maximum absolute atomic E-state index is 15.7. The third-order valence-corrected chi connectivity index (χ3v) is 24.9.